The number of hydrogen-bond donors (Lipinski definition) is 1. The van der Waals surface area contributed by atoms with Crippen LogP contribution in [0.4, 0.5) is 4.39 Å². The summed E-state index contributed by atoms with van der Waals surface area (Å²) in [6, 6.07) is 0. The Kier molecular flexibility index (Phi) is 2.54. The van der Waals surface area contributed by atoms with E-state index in [4.69, 9.17) is 5.11 Å². The Balaban J connectivity index is 2.47. The number of halogens is 1. The van der Waals surface area contributed by atoms with Gasteiger partial charge in [-0.3, -0.25) is 4.79 Å². The van der Waals surface area contributed by atoms with Gasteiger partial charge in [0.25, 0.3) is 0 Å². The molecule has 1 aliphatic rings. The largest absolute Gasteiger partial charge is 0.481 e. The zero-order chi connectivity index (χ0) is 7.56. The van der Waals surface area contributed by atoms with E-state index in [0.29, 0.717) is 12.2 Å². The molecule has 1 rings (SSSR count). The summed E-state index contributed by atoms with van der Waals surface area (Å²) in [6.45, 7) is 0. The van der Waals surface area contributed by atoms with E-state index >= 15 is 0 Å². The van der Waals surface area contributed by atoms with Gasteiger partial charge in [0.2, 0.25) is 0 Å². The summed E-state index contributed by atoms with van der Waals surface area (Å²) in [7, 11) is 0. The van der Waals surface area contributed by atoms with E-state index in [0.717, 1.165) is 5.75 Å². The number of aliphatic carboxylic acids is 1. The van der Waals surface area contributed by atoms with Crippen LogP contribution in [0.3, 0.4) is 0 Å². The molecule has 4 heteroatoms. The molecule has 0 amide bonds. The lowest BCUT2D eigenvalue weighted by atomic mass is 10.0. The lowest BCUT2D eigenvalue weighted by Crippen LogP contribution is -2.30. The quantitative estimate of drug-likeness (QED) is 0.632. The number of hydrogen-bond acceptors (Lipinski definition) is 2. The highest BCUT2D eigenvalue weighted by molar-refractivity contribution is 7.99. The van der Waals surface area contributed by atoms with E-state index in [1.807, 2.05) is 0 Å². The second-order valence-corrected chi connectivity index (χ2v) is 3.47. The molecule has 1 heterocycles. The topological polar surface area (TPSA) is 37.3 Å². The number of thioether (sulfide) groups is 1. The summed E-state index contributed by atoms with van der Waals surface area (Å²) >= 11 is 1.51. The van der Waals surface area contributed by atoms with Gasteiger partial charge in [0.1, 0.15) is 6.17 Å². The van der Waals surface area contributed by atoms with E-state index in [9.17, 15) is 9.18 Å². The first-order valence-corrected chi connectivity index (χ1v) is 4.32. The van der Waals surface area contributed by atoms with E-state index in [2.05, 4.69) is 0 Å². The standard InChI is InChI=1S/C6H9FO2S/c7-5-1-2-10-3-4(5)6(8)9/h4-5H,1-3H2,(H,8,9)/t4-,5-/m1/s1. The molecule has 0 unspecified atom stereocenters. The van der Waals surface area contributed by atoms with Crippen molar-refractivity contribution in [2.45, 2.75) is 12.6 Å². The summed E-state index contributed by atoms with van der Waals surface area (Å²) in [5.74, 6) is -0.583. The van der Waals surface area contributed by atoms with Gasteiger partial charge in [0.15, 0.2) is 0 Å². The lowest BCUT2D eigenvalue weighted by Gasteiger charge is -2.21. The molecule has 0 aromatic rings. The summed E-state index contributed by atoms with van der Waals surface area (Å²) in [5, 5.41) is 8.46. The molecule has 1 saturated heterocycles. The molecule has 10 heavy (non-hydrogen) atoms. The van der Waals surface area contributed by atoms with Crippen molar-refractivity contribution >= 4 is 17.7 Å². The van der Waals surface area contributed by atoms with Crippen LogP contribution in [0.5, 0.6) is 0 Å². The SMILES string of the molecule is O=C(O)[C@@H]1CSCC[C@H]1F. The summed E-state index contributed by atoms with van der Waals surface area (Å²) in [6.07, 6.45) is -0.736. The summed E-state index contributed by atoms with van der Waals surface area (Å²) in [4.78, 5) is 10.3. The van der Waals surface area contributed by atoms with Gasteiger partial charge in [-0.1, -0.05) is 0 Å². The highest BCUT2D eigenvalue weighted by Crippen LogP contribution is 2.25. The molecule has 0 aliphatic carbocycles. The normalized spacial score (nSPS) is 33.7. The van der Waals surface area contributed by atoms with Gasteiger partial charge >= 0.3 is 5.97 Å². The van der Waals surface area contributed by atoms with Crippen molar-refractivity contribution in [3.63, 3.8) is 0 Å². The zero-order valence-electron chi connectivity index (χ0n) is 5.42. The van der Waals surface area contributed by atoms with Crippen molar-refractivity contribution in [1.29, 1.82) is 0 Å². The van der Waals surface area contributed by atoms with Crippen LogP contribution >= 0.6 is 11.8 Å². The Labute approximate surface area is 62.8 Å². The average molecular weight is 164 g/mol. The monoisotopic (exact) mass is 164 g/mol. The van der Waals surface area contributed by atoms with E-state index < -0.39 is 18.1 Å². The van der Waals surface area contributed by atoms with Gasteiger partial charge in [-0.2, -0.15) is 11.8 Å². The van der Waals surface area contributed by atoms with Crippen LogP contribution < -0.4 is 0 Å². The van der Waals surface area contributed by atoms with E-state index in [-0.39, 0.29) is 0 Å². The van der Waals surface area contributed by atoms with Gasteiger partial charge in [-0.25, -0.2) is 4.39 Å². The molecular formula is C6H9FO2S. The molecule has 0 aromatic carbocycles. The first-order chi connectivity index (χ1) is 4.72. The Morgan fingerprint density at radius 2 is 2.40 bits per heavy atom. The van der Waals surface area contributed by atoms with E-state index in [1.54, 1.807) is 0 Å². The molecular weight excluding hydrogens is 155 g/mol. The Bertz CT molecular complexity index is 140. The number of carbonyl (C=O) groups is 1. The third-order valence-electron chi connectivity index (χ3n) is 1.59. The van der Waals surface area contributed by atoms with Crippen LogP contribution in [0.15, 0.2) is 0 Å². The van der Waals surface area contributed by atoms with Crippen molar-refractivity contribution < 1.29 is 14.3 Å². The average Bonchev–Trinajstić information content (AvgIpc) is 1.88. The van der Waals surface area contributed by atoms with Crippen molar-refractivity contribution in [1.82, 2.24) is 0 Å². The first kappa shape index (κ1) is 7.85. The highest BCUT2D eigenvalue weighted by atomic mass is 32.2. The van der Waals surface area contributed by atoms with Crippen molar-refractivity contribution in [3.8, 4) is 0 Å². The van der Waals surface area contributed by atoms with Gasteiger partial charge in [0, 0.05) is 5.75 Å². The fourth-order valence-electron chi connectivity index (χ4n) is 0.938. The molecule has 1 N–H and O–H groups in total. The van der Waals surface area contributed by atoms with Crippen LogP contribution in [0.2, 0.25) is 0 Å². The number of rotatable bonds is 1. The minimum Gasteiger partial charge on any atom is -0.481 e. The molecule has 2 atom stereocenters. The van der Waals surface area contributed by atoms with Crippen LogP contribution in [0, 0.1) is 5.92 Å². The van der Waals surface area contributed by atoms with Crippen molar-refractivity contribution in [3.05, 3.63) is 0 Å². The first-order valence-electron chi connectivity index (χ1n) is 3.16. The zero-order valence-corrected chi connectivity index (χ0v) is 6.23. The van der Waals surface area contributed by atoms with E-state index in [1.165, 1.54) is 11.8 Å². The summed E-state index contributed by atoms with van der Waals surface area (Å²) < 4.78 is 12.7. The molecule has 0 radical (unpaired) electrons. The molecule has 0 bridgehead atoms. The molecule has 1 aliphatic heterocycles. The Morgan fingerprint density at radius 1 is 1.70 bits per heavy atom. The second-order valence-electron chi connectivity index (χ2n) is 2.32. The van der Waals surface area contributed by atoms with Gasteiger partial charge in [-0.15, -0.1) is 0 Å². The third-order valence-corrected chi connectivity index (χ3v) is 2.71. The minimum atomic E-state index is -1.13. The highest BCUT2D eigenvalue weighted by Gasteiger charge is 2.30. The second kappa shape index (κ2) is 3.23. The number of alkyl halides is 1. The third kappa shape index (κ3) is 1.62. The number of carboxylic acid groups (broad SMARTS) is 1. The predicted octanol–water partition coefficient (Wildman–Crippen LogP) is 1.16. The van der Waals surface area contributed by atoms with Crippen molar-refractivity contribution in [2.75, 3.05) is 11.5 Å². The van der Waals surface area contributed by atoms with Crippen LogP contribution in [-0.4, -0.2) is 28.8 Å². The Morgan fingerprint density at radius 3 is 2.80 bits per heavy atom. The van der Waals surface area contributed by atoms with Crippen LogP contribution in [-0.2, 0) is 4.79 Å². The molecule has 1 fully saturated rings. The summed E-state index contributed by atoms with van der Waals surface area (Å²) in [5.41, 5.74) is 0. The van der Waals surface area contributed by atoms with Crippen LogP contribution in [0.25, 0.3) is 0 Å². The fraction of sp³-hybridized carbons (Fsp3) is 0.833. The Hall–Kier alpha value is -0.250. The molecule has 58 valence electrons. The van der Waals surface area contributed by atoms with Crippen LogP contribution in [0.1, 0.15) is 6.42 Å². The predicted molar refractivity (Wildman–Crippen MR) is 38.0 cm³/mol. The molecule has 0 aromatic heterocycles. The maximum Gasteiger partial charge on any atom is 0.310 e. The molecule has 0 saturated carbocycles. The fourth-order valence-corrected chi connectivity index (χ4v) is 2.10. The van der Waals surface area contributed by atoms with Gasteiger partial charge in [0.05, 0.1) is 5.92 Å². The smallest absolute Gasteiger partial charge is 0.310 e. The maximum atomic E-state index is 12.7. The molecule has 2 nitrogen and oxygen atoms in total. The van der Waals surface area contributed by atoms with Crippen molar-refractivity contribution in [2.24, 2.45) is 5.92 Å². The lowest BCUT2D eigenvalue weighted by molar-refractivity contribution is -0.143. The van der Waals surface area contributed by atoms with Gasteiger partial charge in [-0.05, 0) is 12.2 Å². The maximum absolute atomic E-state index is 12.7. The minimum absolute atomic E-state index is 0.391. The number of carboxylic acids is 1. The van der Waals surface area contributed by atoms with Gasteiger partial charge < -0.3 is 5.11 Å². The molecule has 0 spiro atoms.